The van der Waals surface area contributed by atoms with Gasteiger partial charge in [0.1, 0.15) is 30.6 Å². The number of methoxy groups -OCH3 is 1. The molecule has 1 aliphatic heterocycles. The van der Waals surface area contributed by atoms with Crippen LogP contribution in [-0.4, -0.2) is 16.7 Å². The summed E-state index contributed by atoms with van der Waals surface area (Å²) in [7, 11) is 1.66. The topological polar surface area (TPSA) is 60.1 Å². The van der Waals surface area contributed by atoms with Crippen LogP contribution in [-0.2, 0) is 24.5 Å². The van der Waals surface area contributed by atoms with E-state index >= 15 is 0 Å². The molecule has 0 N–H and O–H groups in total. The van der Waals surface area contributed by atoms with Crippen molar-refractivity contribution in [2.75, 3.05) is 7.11 Å². The van der Waals surface area contributed by atoms with Gasteiger partial charge in [0.25, 0.3) is 0 Å². The van der Waals surface area contributed by atoms with Crippen LogP contribution in [0.25, 0.3) is 16.6 Å². The number of para-hydroxylation sites is 2. The first-order valence-corrected chi connectivity index (χ1v) is 10.7. The molecule has 0 atom stereocenters. The van der Waals surface area contributed by atoms with Gasteiger partial charge in [0.2, 0.25) is 0 Å². The first-order chi connectivity index (χ1) is 16.1. The molecule has 0 unspecified atom stereocenters. The quantitative estimate of drug-likeness (QED) is 0.388. The highest BCUT2D eigenvalue weighted by Gasteiger charge is 2.22. The Hall–Kier alpha value is -3.95. The molecule has 0 fully saturated rings. The van der Waals surface area contributed by atoms with Crippen molar-refractivity contribution >= 4 is 16.6 Å². The number of aromatic nitrogens is 2. The largest absolute Gasteiger partial charge is 0.488 e. The van der Waals surface area contributed by atoms with E-state index in [0.29, 0.717) is 24.5 Å². The molecule has 0 radical (unpaired) electrons. The lowest BCUT2D eigenvalue weighted by atomic mass is 9.90. The normalized spacial score (nSPS) is 14.1. The standard InChI is InChI=1S/C27H22FN3O2/c1-17(13-29)27-21-9-7-18(11-19(21)15-33-25-12-20(28)8-10-22(25)27)14-31-24-6-4-3-5-23(24)30-26(31)16-32-2/h3-12H,14-16H2,1-2H3/b27-17-. The van der Waals surface area contributed by atoms with Gasteiger partial charge in [-0.1, -0.05) is 24.3 Å². The van der Waals surface area contributed by atoms with Gasteiger partial charge in [-0.3, -0.25) is 0 Å². The van der Waals surface area contributed by atoms with E-state index in [1.54, 1.807) is 20.1 Å². The van der Waals surface area contributed by atoms with Crippen LogP contribution < -0.4 is 4.74 Å². The molecule has 1 aliphatic rings. The highest BCUT2D eigenvalue weighted by Crippen LogP contribution is 2.39. The van der Waals surface area contributed by atoms with Crippen molar-refractivity contribution < 1.29 is 13.9 Å². The summed E-state index contributed by atoms with van der Waals surface area (Å²) >= 11 is 0. The molecule has 0 amide bonds. The number of ether oxygens (including phenoxy) is 2. The highest BCUT2D eigenvalue weighted by molar-refractivity contribution is 5.88. The Bertz CT molecular complexity index is 1450. The summed E-state index contributed by atoms with van der Waals surface area (Å²) in [5, 5.41) is 9.65. The zero-order valence-electron chi connectivity index (χ0n) is 18.4. The van der Waals surface area contributed by atoms with E-state index in [1.807, 2.05) is 24.3 Å². The molecule has 1 aromatic heterocycles. The van der Waals surface area contributed by atoms with Crippen LogP contribution in [0.4, 0.5) is 4.39 Å². The smallest absolute Gasteiger partial charge is 0.136 e. The molecule has 6 heteroatoms. The number of hydrogen-bond acceptors (Lipinski definition) is 4. The van der Waals surface area contributed by atoms with Crippen molar-refractivity contribution in [1.82, 2.24) is 9.55 Å². The Balaban J connectivity index is 1.60. The summed E-state index contributed by atoms with van der Waals surface area (Å²) < 4.78 is 27.4. The van der Waals surface area contributed by atoms with Gasteiger partial charge in [-0.05, 0) is 53.9 Å². The lowest BCUT2D eigenvalue weighted by molar-refractivity contribution is 0.175. The minimum absolute atomic E-state index is 0.289. The van der Waals surface area contributed by atoms with Crippen LogP contribution in [0.5, 0.6) is 5.75 Å². The Morgan fingerprint density at radius 2 is 1.97 bits per heavy atom. The highest BCUT2D eigenvalue weighted by atomic mass is 19.1. The Morgan fingerprint density at radius 1 is 1.15 bits per heavy atom. The van der Waals surface area contributed by atoms with Crippen molar-refractivity contribution in [2.24, 2.45) is 0 Å². The summed E-state index contributed by atoms with van der Waals surface area (Å²) in [6.07, 6.45) is 0. The first kappa shape index (κ1) is 20.9. The number of fused-ring (bicyclic) bond motifs is 3. The second-order valence-electron chi connectivity index (χ2n) is 8.07. The van der Waals surface area contributed by atoms with Gasteiger partial charge in [-0.25, -0.2) is 9.37 Å². The second-order valence-corrected chi connectivity index (χ2v) is 8.07. The van der Waals surface area contributed by atoms with Gasteiger partial charge in [0.05, 0.1) is 17.1 Å². The number of allylic oxidation sites excluding steroid dienone is 1. The molecule has 0 spiro atoms. The van der Waals surface area contributed by atoms with Crippen LogP contribution in [0, 0.1) is 17.1 Å². The zero-order valence-corrected chi connectivity index (χ0v) is 18.4. The zero-order chi connectivity index (χ0) is 22.9. The molecule has 2 heterocycles. The Labute approximate surface area is 191 Å². The van der Waals surface area contributed by atoms with Crippen LogP contribution in [0.2, 0.25) is 0 Å². The molecular formula is C27H22FN3O2. The van der Waals surface area contributed by atoms with E-state index in [4.69, 9.17) is 14.5 Å². The van der Waals surface area contributed by atoms with Crippen molar-refractivity contribution in [1.29, 1.82) is 5.26 Å². The number of imidazole rings is 1. The number of rotatable bonds is 4. The fourth-order valence-corrected chi connectivity index (χ4v) is 4.42. The third-order valence-electron chi connectivity index (χ3n) is 5.93. The van der Waals surface area contributed by atoms with Crippen LogP contribution in [0.3, 0.4) is 0 Å². The lowest BCUT2D eigenvalue weighted by Crippen LogP contribution is -2.07. The fraction of sp³-hybridized carbons (Fsp3) is 0.185. The molecule has 0 aliphatic carbocycles. The fourth-order valence-electron chi connectivity index (χ4n) is 4.42. The maximum Gasteiger partial charge on any atom is 0.136 e. The van der Waals surface area contributed by atoms with Crippen molar-refractivity contribution in [3.05, 3.63) is 100 Å². The molecule has 5 nitrogen and oxygen atoms in total. The van der Waals surface area contributed by atoms with Crippen LogP contribution >= 0.6 is 0 Å². The minimum atomic E-state index is -0.369. The summed E-state index contributed by atoms with van der Waals surface area (Å²) in [6, 6.07) is 20.9. The van der Waals surface area contributed by atoms with Crippen molar-refractivity contribution in [3.8, 4) is 11.8 Å². The van der Waals surface area contributed by atoms with Crippen molar-refractivity contribution in [2.45, 2.75) is 26.7 Å². The molecule has 0 saturated carbocycles. The second kappa shape index (κ2) is 8.53. The van der Waals surface area contributed by atoms with E-state index in [-0.39, 0.29) is 12.4 Å². The van der Waals surface area contributed by atoms with Gasteiger partial charge < -0.3 is 14.0 Å². The molecule has 0 bridgehead atoms. The van der Waals surface area contributed by atoms with Gasteiger partial charge >= 0.3 is 0 Å². The van der Waals surface area contributed by atoms with E-state index in [9.17, 15) is 9.65 Å². The maximum atomic E-state index is 13.9. The summed E-state index contributed by atoms with van der Waals surface area (Å²) in [4.78, 5) is 4.72. The predicted octanol–water partition coefficient (Wildman–Crippen LogP) is 5.61. The predicted molar refractivity (Wildman–Crippen MR) is 124 cm³/mol. The molecule has 4 aromatic rings. The van der Waals surface area contributed by atoms with Gasteiger partial charge in [0, 0.05) is 36.4 Å². The van der Waals surface area contributed by atoms with Gasteiger partial charge in [0.15, 0.2) is 0 Å². The number of nitrogens with zero attached hydrogens (tertiary/aromatic N) is 3. The lowest BCUT2D eigenvalue weighted by Gasteiger charge is -2.14. The van der Waals surface area contributed by atoms with Gasteiger partial charge in [-0.2, -0.15) is 5.26 Å². The minimum Gasteiger partial charge on any atom is -0.488 e. The summed E-state index contributed by atoms with van der Waals surface area (Å²) in [5.74, 6) is 0.932. The van der Waals surface area contributed by atoms with Crippen LogP contribution in [0.15, 0.2) is 66.2 Å². The molecule has 164 valence electrons. The monoisotopic (exact) mass is 439 g/mol. The average molecular weight is 439 g/mol. The third kappa shape index (κ3) is 3.77. The van der Waals surface area contributed by atoms with Gasteiger partial charge in [-0.15, -0.1) is 0 Å². The average Bonchev–Trinajstić information content (AvgIpc) is 3.07. The molecular weight excluding hydrogens is 417 g/mol. The summed E-state index contributed by atoms with van der Waals surface area (Å²) in [6.45, 7) is 3.10. The van der Waals surface area contributed by atoms with Crippen molar-refractivity contribution in [3.63, 3.8) is 0 Å². The van der Waals surface area contributed by atoms with E-state index < -0.39 is 0 Å². The first-order valence-electron chi connectivity index (χ1n) is 10.7. The Morgan fingerprint density at radius 3 is 2.79 bits per heavy atom. The molecule has 5 rings (SSSR count). The van der Waals surface area contributed by atoms with Crippen LogP contribution in [0.1, 0.15) is 35.0 Å². The third-order valence-corrected chi connectivity index (χ3v) is 5.93. The molecule has 3 aromatic carbocycles. The number of nitriles is 1. The van der Waals surface area contributed by atoms with E-state index in [0.717, 1.165) is 44.7 Å². The van der Waals surface area contributed by atoms with E-state index in [1.165, 1.54) is 12.1 Å². The molecule has 33 heavy (non-hydrogen) atoms. The molecule has 0 saturated heterocycles. The number of benzene rings is 3. The van der Waals surface area contributed by atoms with E-state index in [2.05, 4.69) is 28.8 Å². The SMILES string of the molecule is COCc1nc2ccccc2n1Cc1ccc2c(c1)COc1cc(F)ccc1/C2=C(/C)C#N. The summed E-state index contributed by atoms with van der Waals surface area (Å²) in [5.41, 5.74) is 6.98. The maximum absolute atomic E-state index is 13.9. The number of hydrogen-bond donors (Lipinski definition) is 0. The Kier molecular flexibility index (Phi) is 5.41. The number of halogens is 1.